The first kappa shape index (κ1) is 20.2. The van der Waals surface area contributed by atoms with Crippen LogP contribution >= 0.6 is 0 Å². The number of ether oxygens (including phenoxy) is 3. The number of rotatable bonds is 5. The smallest absolute Gasteiger partial charge is 0.436 e. The average molecular weight is 386 g/mol. The third kappa shape index (κ3) is 6.02. The van der Waals surface area contributed by atoms with E-state index in [4.69, 9.17) is 4.74 Å². The summed E-state index contributed by atoms with van der Waals surface area (Å²) in [5, 5.41) is 7.46. The lowest BCUT2D eigenvalue weighted by atomic mass is 10.2. The van der Waals surface area contributed by atoms with Crippen molar-refractivity contribution in [2.24, 2.45) is 4.99 Å². The summed E-state index contributed by atoms with van der Waals surface area (Å²) in [4.78, 5) is 37.4. The fraction of sp³-hybridized carbons (Fsp3) is 0.111. The highest BCUT2D eigenvalue weighted by Gasteiger charge is 2.13. The van der Waals surface area contributed by atoms with Crippen molar-refractivity contribution in [2.45, 2.75) is 0 Å². The number of aliphatic imine (C=N–C) groups is 1. The van der Waals surface area contributed by atoms with Crippen LogP contribution in [0.25, 0.3) is 0 Å². The number of hydrogen-bond donors (Lipinski definition) is 3. The molecule has 0 unspecified atom stereocenters. The van der Waals surface area contributed by atoms with Gasteiger partial charge < -0.3 is 24.8 Å². The minimum Gasteiger partial charge on any atom is -0.457 e. The van der Waals surface area contributed by atoms with Gasteiger partial charge in [-0.1, -0.05) is 18.2 Å². The van der Waals surface area contributed by atoms with Gasteiger partial charge >= 0.3 is 12.2 Å². The number of carbonyl (C=O) groups excluding carboxylic acids is 3. The van der Waals surface area contributed by atoms with Crippen molar-refractivity contribution < 1.29 is 28.6 Å². The molecular formula is C18H18N4O6. The molecular weight excluding hydrogens is 368 g/mol. The molecule has 3 amide bonds. The number of para-hydroxylation sites is 1. The number of nitrogens with one attached hydrogen (secondary N) is 3. The molecule has 0 saturated heterocycles. The molecule has 0 fully saturated rings. The Labute approximate surface area is 160 Å². The lowest BCUT2D eigenvalue weighted by molar-refractivity contribution is -0.105. The van der Waals surface area contributed by atoms with Gasteiger partial charge in [-0.2, -0.15) is 0 Å². The number of benzene rings is 2. The predicted octanol–water partition coefficient (Wildman–Crippen LogP) is 2.94. The Hall–Kier alpha value is -4.08. The van der Waals surface area contributed by atoms with Gasteiger partial charge in [-0.15, -0.1) is 4.99 Å². The SMILES string of the molecule is COC(=O)/N=C(\NC(=O)OC)Nc1cc(Oc2ccccc2)ccc1NC=O. The monoisotopic (exact) mass is 386 g/mol. The molecule has 0 aromatic heterocycles. The molecule has 0 spiro atoms. The van der Waals surface area contributed by atoms with Crippen molar-refractivity contribution in [3.8, 4) is 11.5 Å². The molecule has 0 saturated carbocycles. The first-order chi connectivity index (χ1) is 13.5. The minimum absolute atomic E-state index is 0.274. The van der Waals surface area contributed by atoms with Crippen molar-refractivity contribution in [1.82, 2.24) is 5.32 Å². The van der Waals surface area contributed by atoms with Gasteiger partial charge in [-0.3, -0.25) is 10.1 Å². The van der Waals surface area contributed by atoms with E-state index >= 15 is 0 Å². The standard InChI is InChI=1S/C18H18N4O6/c1-26-17(24)21-16(22-18(25)27-2)20-15-10-13(8-9-14(15)19-11-23)28-12-6-4-3-5-7-12/h3-11H,1-2H3,(H,19,23)(H2,20,21,22,24,25). The Bertz CT molecular complexity index is 870. The second kappa shape index (κ2) is 10.2. The van der Waals surface area contributed by atoms with Crippen LogP contribution in [-0.2, 0) is 14.3 Å². The summed E-state index contributed by atoms with van der Waals surface area (Å²) in [6, 6.07) is 13.8. The fourth-order valence-electron chi connectivity index (χ4n) is 2.00. The molecule has 0 atom stereocenters. The molecule has 3 N–H and O–H groups in total. The molecule has 2 rings (SSSR count). The molecule has 0 heterocycles. The number of alkyl carbamates (subject to hydrolysis) is 1. The second-order valence-corrected chi connectivity index (χ2v) is 5.06. The summed E-state index contributed by atoms with van der Waals surface area (Å²) < 4.78 is 14.7. The van der Waals surface area contributed by atoms with Crippen molar-refractivity contribution in [2.75, 3.05) is 24.9 Å². The molecule has 10 nitrogen and oxygen atoms in total. The van der Waals surface area contributed by atoms with Crippen LogP contribution in [0.1, 0.15) is 0 Å². The van der Waals surface area contributed by atoms with Crippen LogP contribution in [0.5, 0.6) is 11.5 Å². The van der Waals surface area contributed by atoms with Crippen molar-refractivity contribution in [3.05, 3.63) is 48.5 Å². The first-order valence-corrected chi connectivity index (χ1v) is 7.91. The Morgan fingerprint density at radius 1 is 0.964 bits per heavy atom. The van der Waals surface area contributed by atoms with Gasteiger partial charge in [-0.05, 0) is 24.3 Å². The zero-order valence-electron chi connectivity index (χ0n) is 15.1. The zero-order valence-corrected chi connectivity index (χ0v) is 15.1. The lowest BCUT2D eigenvalue weighted by Gasteiger charge is -2.15. The van der Waals surface area contributed by atoms with Gasteiger partial charge in [0.05, 0.1) is 25.6 Å². The van der Waals surface area contributed by atoms with Crippen LogP contribution < -0.4 is 20.7 Å². The third-order valence-corrected chi connectivity index (χ3v) is 3.22. The maximum absolute atomic E-state index is 11.5. The van der Waals surface area contributed by atoms with Crippen molar-refractivity contribution >= 4 is 35.9 Å². The summed E-state index contributed by atoms with van der Waals surface area (Å²) in [6.07, 6.45) is -1.35. The highest BCUT2D eigenvalue weighted by Crippen LogP contribution is 2.29. The molecule has 2 aromatic rings. The van der Waals surface area contributed by atoms with Gasteiger partial charge in [0.15, 0.2) is 0 Å². The van der Waals surface area contributed by atoms with E-state index in [1.165, 1.54) is 0 Å². The second-order valence-electron chi connectivity index (χ2n) is 5.06. The van der Waals surface area contributed by atoms with Crippen LogP contribution in [-0.4, -0.2) is 38.8 Å². The van der Waals surface area contributed by atoms with E-state index in [0.717, 1.165) is 14.2 Å². The van der Waals surface area contributed by atoms with Gasteiger partial charge in [0.1, 0.15) is 11.5 Å². The number of anilines is 2. The number of nitrogens with zero attached hydrogens (tertiary/aromatic N) is 1. The fourth-order valence-corrected chi connectivity index (χ4v) is 2.00. The molecule has 0 aliphatic heterocycles. The van der Waals surface area contributed by atoms with Crippen LogP contribution in [0, 0.1) is 0 Å². The number of carbonyl (C=O) groups is 3. The van der Waals surface area contributed by atoms with E-state index in [1.54, 1.807) is 30.3 Å². The number of hydrogen-bond acceptors (Lipinski definition) is 6. The Kier molecular flexibility index (Phi) is 7.34. The van der Waals surface area contributed by atoms with Crippen LogP contribution in [0.2, 0.25) is 0 Å². The van der Waals surface area contributed by atoms with Crippen LogP contribution in [0.3, 0.4) is 0 Å². The summed E-state index contributed by atoms with van der Waals surface area (Å²) in [7, 11) is 2.29. The molecule has 0 aliphatic rings. The van der Waals surface area contributed by atoms with E-state index in [-0.39, 0.29) is 5.96 Å². The largest absolute Gasteiger partial charge is 0.457 e. The molecule has 2 aromatic carbocycles. The minimum atomic E-state index is -0.958. The highest BCUT2D eigenvalue weighted by molar-refractivity contribution is 6.07. The molecule has 146 valence electrons. The topological polar surface area (TPSA) is 127 Å². The summed E-state index contributed by atoms with van der Waals surface area (Å²) in [6.45, 7) is 0. The first-order valence-electron chi connectivity index (χ1n) is 7.91. The van der Waals surface area contributed by atoms with Crippen LogP contribution in [0.15, 0.2) is 53.5 Å². The maximum atomic E-state index is 11.5. The normalized spacial score (nSPS) is 10.4. The highest BCUT2D eigenvalue weighted by atomic mass is 16.5. The van der Waals surface area contributed by atoms with Gasteiger partial charge in [0.25, 0.3) is 0 Å². The molecule has 0 radical (unpaired) electrons. The maximum Gasteiger partial charge on any atom is 0.436 e. The van der Waals surface area contributed by atoms with Crippen molar-refractivity contribution in [1.29, 1.82) is 0 Å². The number of guanidine groups is 1. The quantitative estimate of drug-likeness (QED) is 0.409. The van der Waals surface area contributed by atoms with E-state index in [2.05, 4.69) is 30.4 Å². The Morgan fingerprint density at radius 3 is 2.36 bits per heavy atom. The molecule has 0 bridgehead atoms. The zero-order chi connectivity index (χ0) is 20.4. The van der Waals surface area contributed by atoms with Crippen molar-refractivity contribution in [3.63, 3.8) is 0 Å². The van der Waals surface area contributed by atoms with E-state index < -0.39 is 12.2 Å². The van der Waals surface area contributed by atoms with E-state index in [0.29, 0.717) is 29.3 Å². The molecule has 0 aliphatic carbocycles. The lowest BCUT2D eigenvalue weighted by Crippen LogP contribution is -2.36. The summed E-state index contributed by atoms with van der Waals surface area (Å²) in [5.74, 6) is 0.755. The molecule has 28 heavy (non-hydrogen) atoms. The number of amides is 3. The van der Waals surface area contributed by atoms with E-state index in [9.17, 15) is 14.4 Å². The van der Waals surface area contributed by atoms with Gasteiger partial charge in [0, 0.05) is 6.07 Å². The third-order valence-electron chi connectivity index (χ3n) is 3.22. The Balaban J connectivity index is 2.33. The number of methoxy groups -OCH3 is 2. The van der Waals surface area contributed by atoms with Gasteiger partial charge in [-0.25, -0.2) is 9.59 Å². The average Bonchev–Trinajstić information content (AvgIpc) is 2.70. The van der Waals surface area contributed by atoms with Crippen LogP contribution in [0.4, 0.5) is 21.0 Å². The summed E-state index contributed by atoms with van der Waals surface area (Å²) >= 11 is 0. The Morgan fingerprint density at radius 2 is 1.71 bits per heavy atom. The van der Waals surface area contributed by atoms with Gasteiger partial charge in [0.2, 0.25) is 12.4 Å². The predicted molar refractivity (Wildman–Crippen MR) is 102 cm³/mol. The molecule has 10 heteroatoms. The van der Waals surface area contributed by atoms with E-state index in [1.807, 2.05) is 18.2 Å². The summed E-state index contributed by atoms with van der Waals surface area (Å²) in [5.41, 5.74) is 0.638.